The third-order valence-electron chi connectivity index (χ3n) is 4.39. The third-order valence-corrected chi connectivity index (χ3v) is 4.39. The van der Waals surface area contributed by atoms with Crippen molar-refractivity contribution in [3.8, 4) is 0 Å². The van der Waals surface area contributed by atoms with Crippen molar-refractivity contribution in [2.75, 3.05) is 0 Å². The Labute approximate surface area is 120 Å². The fourth-order valence-corrected chi connectivity index (χ4v) is 2.37. The van der Waals surface area contributed by atoms with Crippen molar-refractivity contribution in [2.45, 2.75) is 74.1 Å². The van der Waals surface area contributed by atoms with Crippen LogP contribution in [0.25, 0.3) is 0 Å². The highest BCUT2D eigenvalue weighted by Gasteiger charge is 2.55. The van der Waals surface area contributed by atoms with Crippen LogP contribution in [-0.2, 0) is 9.53 Å². The summed E-state index contributed by atoms with van der Waals surface area (Å²) >= 11 is 0. The summed E-state index contributed by atoms with van der Waals surface area (Å²) in [5, 5.41) is 0. The van der Waals surface area contributed by atoms with Crippen molar-refractivity contribution in [1.82, 2.24) is 0 Å². The normalized spacial score (nSPS) is 15.9. The number of carbonyl (C=O) groups is 1. The number of rotatable bonds is 3. The highest BCUT2D eigenvalue weighted by Crippen LogP contribution is 2.52. The summed E-state index contributed by atoms with van der Waals surface area (Å²) in [6, 6.07) is 0. The van der Waals surface area contributed by atoms with Crippen LogP contribution in [0.2, 0.25) is 0 Å². The summed E-state index contributed by atoms with van der Waals surface area (Å²) in [5.41, 5.74) is -2.07. The molecule has 0 fully saturated rings. The Kier molecular flexibility index (Phi) is 5.36. The molecule has 0 aromatic heterocycles. The second kappa shape index (κ2) is 5.57. The largest absolute Gasteiger partial charge is 0.452 e. The summed E-state index contributed by atoms with van der Waals surface area (Å²) in [5.74, 6) is -0.790. The van der Waals surface area contributed by atoms with Gasteiger partial charge < -0.3 is 4.74 Å². The summed E-state index contributed by atoms with van der Waals surface area (Å²) in [7, 11) is 0. The molecule has 0 amide bonds. The molecule has 0 bridgehead atoms. The molecular weight excluding hydrogens is 269 g/mol. The van der Waals surface area contributed by atoms with Gasteiger partial charge in [-0.15, -0.1) is 0 Å². The average molecular weight is 296 g/mol. The summed E-state index contributed by atoms with van der Waals surface area (Å²) in [6.07, 6.45) is -6.85. The van der Waals surface area contributed by atoms with Crippen molar-refractivity contribution in [3.63, 3.8) is 0 Å². The van der Waals surface area contributed by atoms with Crippen molar-refractivity contribution < 1.29 is 22.7 Å². The van der Waals surface area contributed by atoms with Crippen LogP contribution >= 0.6 is 0 Å². The van der Waals surface area contributed by atoms with Crippen LogP contribution in [0.3, 0.4) is 0 Å². The number of alkyl halides is 3. The van der Waals surface area contributed by atoms with E-state index in [0.717, 1.165) is 0 Å². The predicted octanol–water partition coefficient (Wildman–Crippen LogP) is 4.97. The van der Waals surface area contributed by atoms with Gasteiger partial charge in [-0.25, -0.2) is 0 Å². The van der Waals surface area contributed by atoms with Gasteiger partial charge in [0.25, 0.3) is 0 Å². The maximum Gasteiger partial charge on any atom is 0.425 e. The first-order valence-corrected chi connectivity index (χ1v) is 6.86. The predicted molar refractivity (Wildman–Crippen MR) is 73.2 cm³/mol. The third kappa shape index (κ3) is 3.67. The smallest absolute Gasteiger partial charge is 0.425 e. The first kappa shape index (κ1) is 19.3. The molecule has 0 aromatic rings. The molecule has 0 rings (SSSR count). The summed E-state index contributed by atoms with van der Waals surface area (Å²) < 4.78 is 43.2. The van der Waals surface area contributed by atoms with Gasteiger partial charge in [0.05, 0.1) is 5.41 Å². The number of esters is 1. The van der Waals surface area contributed by atoms with Crippen LogP contribution in [0.4, 0.5) is 13.2 Å². The molecule has 0 saturated carbocycles. The lowest BCUT2D eigenvalue weighted by atomic mass is 9.55. The lowest BCUT2D eigenvalue weighted by Gasteiger charge is -2.49. The van der Waals surface area contributed by atoms with E-state index in [-0.39, 0.29) is 6.42 Å². The molecule has 0 saturated heterocycles. The molecule has 0 spiro atoms. The number of halogens is 3. The van der Waals surface area contributed by atoms with Gasteiger partial charge in [-0.05, 0) is 24.2 Å². The minimum atomic E-state index is -4.53. The zero-order valence-corrected chi connectivity index (χ0v) is 13.7. The van der Waals surface area contributed by atoms with E-state index in [0.29, 0.717) is 0 Å². The van der Waals surface area contributed by atoms with Crippen molar-refractivity contribution in [3.05, 3.63) is 0 Å². The van der Waals surface area contributed by atoms with Crippen molar-refractivity contribution in [1.29, 1.82) is 0 Å². The van der Waals surface area contributed by atoms with Crippen LogP contribution in [-0.4, -0.2) is 18.2 Å². The molecule has 120 valence electrons. The first-order valence-electron chi connectivity index (χ1n) is 6.86. The van der Waals surface area contributed by atoms with Crippen molar-refractivity contribution >= 4 is 5.97 Å². The Morgan fingerprint density at radius 3 is 1.50 bits per heavy atom. The standard InChI is InChI=1S/C15H27F3O2/c1-9-10(15(16,17)18)20-11(19)14(8,12(2,3)4)13(5,6)7/h10H,9H2,1-8H3. The van der Waals surface area contributed by atoms with Crippen LogP contribution in [0.15, 0.2) is 0 Å². The second-order valence-corrected chi connectivity index (χ2v) is 7.47. The number of hydrogen-bond donors (Lipinski definition) is 0. The summed E-state index contributed by atoms with van der Waals surface area (Å²) in [6.45, 7) is 14.1. The number of ether oxygens (including phenoxy) is 1. The molecule has 1 atom stereocenters. The van der Waals surface area contributed by atoms with E-state index >= 15 is 0 Å². The zero-order chi connectivity index (χ0) is 16.6. The Hall–Kier alpha value is -0.740. The van der Waals surface area contributed by atoms with Gasteiger partial charge in [0.1, 0.15) is 0 Å². The van der Waals surface area contributed by atoms with E-state index in [1.807, 2.05) is 41.5 Å². The molecule has 0 heterocycles. The van der Waals surface area contributed by atoms with Gasteiger partial charge in [-0.2, -0.15) is 13.2 Å². The summed E-state index contributed by atoms with van der Waals surface area (Å²) in [4.78, 5) is 12.5. The maximum atomic E-state index is 12.8. The van der Waals surface area contributed by atoms with Gasteiger partial charge in [-0.1, -0.05) is 48.5 Å². The van der Waals surface area contributed by atoms with E-state index in [1.54, 1.807) is 6.92 Å². The fraction of sp³-hybridized carbons (Fsp3) is 0.933. The van der Waals surface area contributed by atoms with E-state index in [9.17, 15) is 18.0 Å². The Morgan fingerprint density at radius 2 is 1.30 bits per heavy atom. The SMILES string of the molecule is CCC(OC(=O)C(C)(C(C)(C)C)C(C)(C)C)C(F)(F)F. The van der Waals surface area contributed by atoms with Gasteiger partial charge >= 0.3 is 12.1 Å². The average Bonchev–Trinajstić information content (AvgIpc) is 2.19. The minimum Gasteiger partial charge on any atom is -0.452 e. The molecule has 0 N–H and O–H groups in total. The van der Waals surface area contributed by atoms with E-state index in [2.05, 4.69) is 0 Å². The van der Waals surface area contributed by atoms with Gasteiger partial charge in [-0.3, -0.25) is 4.79 Å². The van der Waals surface area contributed by atoms with Crippen LogP contribution in [0.5, 0.6) is 0 Å². The van der Waals surface area contributed by atoms with Gasteiger partial charge in [0.15, 0.2) is 6.10 Å². The van der Waals surface area contributed by atoms with E-state index in [1.165, 1.54) is 6.92 Å². The molecule has 2 nitrogen and oxygen atoms in total. The van der Waals surface area contributed by atoms with Gasteiger partial charge in [0.2, 0.25) is 0 Å². The lowest BCUT2D eigenvalue weighted by molar-refractivity contribution is -0.234. The molecule has 0 aliphatic heterocycles. The maximum absolute atomic E-state index is 12.8. The molecule has 5 heteroatoms. The lowest BCUT2D eigenvalue weighted by Crippen LogP contribution is -2.52. The molecule has 0 aliphatic carbocycles. The van der Waals surface area contributed by atoms with E-state index in [4.69, 9.17) is 4.74 Å². The quantitative estimate of drug-likeness (QED) is 0.687. The van der Waals surface area contributed by atoms with E-state index < -0.39 is 34.5 Å². The number of carbonyl (C=O) groups excluding carboxylic acids is 1. The van der Waals surface area contributed by atoms with Crippen molar-refractivity contribution in [2.24, 2.45) is 16.2 Å². The van der Waals surface area contributed by atoms with Gasteiger partial charge in [0, 0.05) is 0 Å². The fourth-order valence-electron chi connectivity index (χ4n) is 2.37. The van der Waals surface area contributed by atoms with Crippen LogP contribution in [0.1, 0.15) is 61.8 Å². The minimum absolute atomic E-state index is 0.278. The molecule has 0 aliphatic rings. The molecule has 1 unspecified atom stereocenters. The monoisotopic (exact) mass is 296 g/mol. The van der Waals surface area contributed by atoms with Crippen LogP contribution < -0.4 is 0 Å². The topological polar surface area (TPSA) is 26.3 Å². The molecule has 0 aromatic carbocycles. The molecule has 0 radical (unpaired) electrons. The highest BCUT2D eigenvalue weighted by atomic mass is 19.4. The highest BCUT2D eigenvalue weighted by molar-refractivity contribution is 5.78. The Balaban J connectivity index is 5.52. The molecule has 20 heavy (non-hydrogen) atoms. The Bertz CT molecular complexity index is 332. The number of hydrogen-bond acceptors (Lipinski definition) is 2. The Morgan fingerprint density at radius 1 is 0.950 bits per heavy atom. The first-order chi connectivity index (χ1) is 8.59. The zero-order valence-electron chi connectivity index (χ0n) is 13.7. The van der Waals surface area contributed by atoms with Crippen LogP contribution in [0, 0.1) is 16.2 Å². The second-order valence-electron chi connectivity index (χ2n) is 7.47. The molecular formula is C15H27F3O2.